The van der Waals surface area contributed by atoms with Crippen LogP contribution < -0.4 is 5.32 Å². The van der Waals surface area contributed by atoms with Crippen molar-refractivity contribution < 1.29 is 21.9 Å². The van der Waals surface area contributed by atoms with Gasteiger partial charge in [0, 0.05) is 11.3 Å². The Kier molecular flexibility index (Phi) is 10.7. The molecule has 0 aliphatic heterocycles. The minimum absolute atomic E-state index is 0.120. The fourth-order valence-electron chi connectivity index (χ4n) is 3.64. The lowest BCUT2D eigenvalue weighted by Crippen LogP contribution is -2.19. The molecule has 36 heavy (non-hydrogen) atoms. The van der Waals surface area contributed by atoms with Gasteiger partial charge in [-0.2, -0.15) is 15.0 Å². The smallest absolute Gasteiger partial charge is 0.253 e. The second kappa shape index (κ2) is 12.8. The zero-order valence-corrected chi connectivity index (χ0v) is 23.7. The molecule has 2 aromatic rings. The van der Waals surface area contributed by atoms with Crippen LogP contribution in [0.2, 0.25) is 0 Å². The highest BCUT2D eigenvalue weighted by Crippen LogP contribution is 2.33. The van der Waals surface area contributed by atoms with E-state index in [0.717, 1.165) is 38.5 Å². The van der Waals surface area contributed by atoms with Crippen LogP contribution in [-0.2, 0) is 25.1 Å². The standard InChI is InChI=1S/C25H40N4O5S2/c1-6-8-10-12-16-35(31,32)23-27-22(26-19-14-15-21(30)20(18-19)25(3,4)5)28-24(29-23)36(33,34)17-13-11-9-7-2/h14-15,18,30H,6-13,16-17H2,1-5H3,(H,26,27,28,29). The number of aromatic nitrogens is 3. The average Bonchev–Trinajstić information content (AvgIpc) is 2.80. The van der Waals surface area contributed by atoms with Crippen LogP contribution in [0.1, 0.15) is 91.5 Å². The topological polar surface area (TPSA) is 139 Å². The van der Waals surface area contributed by atoms with Gasteiger partial charge in [-0.3, -0.25) is 0 Å². The summed E-state index contributed by atoms with van der Waals surface area (Å²) < 4.78 is 52.0. The molecule has 1 aromatic heterocycles. The van der Waals surface area contributed by atoms with E-state index in [1.165, 1.54) is 6.07 Å². The highest BCUT2D eigenvalue weighted by molar-refractivity contribution is 7.91. The van der Waals surface area contributed by atoms with Gasteiger partial charge in [0.25, 0.3) is 10.3 Å². The SMILES string of the molecule is CCCCCCS(=O)(=O)c1nc(Nc2ccc(O)c(C(C)(C)C)c2)nc(S(=O)(=O)CCCCCC)n1. The maximum absolute atomic E-state index is 13.0. The van der Waals surface area contributed by atoms with Crippen molar-refractivity contribution in [3.05, 3.63) is 23.8 Å². The molecule has 0 aliphatic carbocycles. The number of aromatic hydroxyl groups is 1. The van der Waals surface area contributed by atoms with Crippen LogP contribution >= 0.6 is 0 Å². The molecule has 202 valence electrons. The maximum Gasteiger partial charge on any atom is 0.253 e. The minimum atomic E-state index is -3.91. The fourth-order valence-corrected chi connectivity index (χ4v) is 6.13. The highest BCUT2D eigenvalue weighted by atomic mass is 32.2. The van der Waals surface area contributed by atoms with Crippen molar-refractivity contribution in [1.29, 1.82) is 0 Å². The van der Waals surface area contributed by atoms with Gasteiger partial charge in [0.15, 0.2) is 0 Å². The van der Waals surface area contributed by atoms with Gasteiger partial charge >= 0.3 is 0 Å². The Morgan fingerprint density at radius 3 is 1.72 bits per heavy atom. The van der Waals surface area contributed by atoms with E-state index < -0.39 is 30.0 Å². The molecule has 0 atom stereocenters. The van der Waals surface area contributed by atoms with E-state index in [1.54, 1.807) is 12.1 Å². The summed E-state index contributed by atoms with van der Waals surface area (Å²) in [6.07, 6.45) is 6.12. The Bertz CT molecular complexity index is 1160. The van der Waals surface area contributed by atoms with Gasteiger partial charge < -0.3 is 10.4 Å². The monoisotopic (exact) mass is 540 g/mol. The zero-order chi connectivity index (χ0) is 27.0. The Balaban J connectivity index is 2.47. The first kappa shape index (κ1) is 30.0. The third-order valence-corrected chi connectivity index (χ3v) is 8.87. The van der Waals surface area contributed by atoms with Gasteiger partial charge in [0.2, 0.25) is 25.6 Å². The Morgan fingerprint density at radius 2 is 1.28 bits per heavy atom. The molecule has 0 fully saturated rings. The van der Waals surface area contributed by atoms with E-state index in [-0.39, 0.29) is 28.6 Å². The molecular weight excluding hydrogens is 500 g/mol. The van der Waals surface area contributed by atoms with Gasteiger partial charge in [-0.05, 0) is 36.5 Å². The molecule has 0 bridgehead atoms. The number of rotatable bonds is 14. The van der Waals surface area contributed by atoms with E-state index >= 15 is 0 Å². The van der Waals surface area contributed by atoms with Crippen molar-refractivity contribution in [2.45, 2.75) is 102 Å². The summed E-state index contributed by atoms with van der Waals surface area (Å²) in [4.78, 5) is 12.1. The number of unbranched alkanes of at least 4 members (excludes halogenated alkanes) is 6. The second-order valence-electron chi connectivity index (χ2n) is 10.1. The molecule has 0 amide bonds. The summed E-state index contributed by atoms with van der Waals surface area (Å²) in [6.45, 7) is 9.90. The summed E-state index contributed by atoms with van der Waals surface area (Å²) in [5.41, 5.74) is 0.788. The van der Waals surface area contributed by atoms with Crippen molar-refractivity contribution in [2.24, 2.45) is 0 Å². The van der Waals surface area contributed by atoms with E-state index in [9.17, 15) is 21.9 Å². The quantitative estimate of drug-likeness (QED) is 0.240. The number of benzene rings is 1. The number of nitrogens with one attached hydrogen (secondary N) is 1. The Morgan fingerprint density at radius 1 is 0.778 bits per heavy atom. The summed E-state index contributed by atoms with van der Waals surface area (Å²) >= 11 is 0. The largest absolute Gasteiger partial charge is 0.508 e. The van der Waals surface area contributed by atoms with Gasteiger partial charge in [0.1, 0.15) is 5.75 Å². The molecule has 1 heterocycles. The predicted molar refractivity (Wildman–Crippen MR) is 142 cm³/mol. The molecule has 0 saturated heterocycles. The molecule has 0 unspecified atom stereocenters. The third-order valence-electron chi connectivity index (χ3n) is 5.74. The normalized spacial score (nSPS) is 12.6. The lowest BCUT2D eigenvalue weighted by Gasteiger charge is -2.21. The number of phenols is 1. The van der Waals surface area contributed by atoms with Gasteiger partial charge in [-0.1, -0.05) is 73.1 Å². The highest BCUT2D eigenvalue weighted by Gasteiger charge is 2.26. The van der Waals surface area contributed by atoms with E-state index in [2.05, 4.69) is 20.3 Å². The molecular formula is C25H40N4O5S2. The molecule has 0 spiro atoms. The maximum atomic E-state index is 13.0. The first-order valence-electron chi connectivity index (χ1n) is 12.6. The van der Waals surface area contributed by atoms with Crippen LogP contribution in [0.4, 0.5) is 11.6 Å². The van der Waals surface area contributed by atoms with Crippen LogP contribution in [-0.4, -0.2) is 48.4 Å². The molecule has 1 aromatic carbocycles. The molecule has 11 heteroatoms. The number of sulfone groups is 2. The molecule has 0 aliphatic rings. The van der Waals surface area contributed by atoms with E-state index in [4.69, 9.17) is 0 Å². The fraction of sp³-hybridized carbons (Fsp3) is 0.640. The minimum Gasteiger partial charge on any atom is -0.508 e. The third kappa shape index (κ3) is 8.69. The molecule has 2 rings (SSSR count). The molecule has 9 nitrogen and oxygen atoms in total. The predicted octanol–water partition coefficient (Wildman–Crippen LogP) is 5.33. The summed E-state index contributed by atoms with van der Waals surface area (Å²) in [7, 11) is -7.82. The van der Waals surface area contributed by atoms with Gasteiger partial charge in [-0.25, -0.2) is 16.8 Å². The van der Waals surface area contributed by atoms with Crippen LogP contribution in [0.25, 0.3) is 0 Å². The Labute approximate surface area is 216 Å². The lowest BCUT2D eigenvalue weighted by molar-refractivity contribution is 0.447. The number of phenolic OH excluding ortho intramolecular Hbond substituents is 1. The number of hydrogen-bond acceptors (Lipinski definition) is 9. The van der Waals surface area contributed by atoms with Crippen molar-refractivity contribution in [3.8, 4) is 5.75 Å². The number of nitrogens with zero attached hydrogens (tertiary/aromatic N) is 3. The van der Waals surface area contributed by atoms with Crippen molar-refractivity contribution in [2.75, 3.05) is 16.8 Å². The van der Waals surface area contributed by atoms with Crippen molar-refractivity contribution >= 4 is 31.3 Å². The average molecular weight is 541 g/mol. The summed E-state index contributed by atoms with van der Waals surface area (Å²) in [6, 6.07) is 4.81. The summed E-state index contributed by atoms with van der Waals surface area (Å²) in [5, 5.41) is 12.1. The first-order chi connectivity index (χ1) is 16.8. The van der Waals surface area contributed by atoms with Crippen LogP contribution in [0.3, 0.4) is 0 Å². The van der Waals surface area contributed by atoms with Crippen LogP contribution in [0.5, 0.6) is 5.75 Å². The molecule has 2 N–H and O–H groups in total. The van der Waals surface area contributed by atoms with Gasteiger partial charge in [-0.15, -0.1) is 0 Å². The number of hydrogen-bond donors (Lipinski definition) is 2. The van der Waals surface area contributed by atoms with E-state index in [0.29, 0.717) is 24.1 Å². The summed E-state index contributed by atoms with van der Waals surface area (Å²) in [5.74, 6) is -0.385. The van der Waals surface area contributed by atoms with Crippen LogP contribution in [0, 0.1) is 0 Å². The van der Waals surface area contributed by atoms with Crippen LogP contribution in [0.15, 0.2) is 28.5 Å². The van der Waals surface area contributed by atoms with Crippen molar-refractivity contribution in [1.82, 2.24) is 15.0 Å². The first-order valence-corrected chi connectivity index (χ1v) is 15.9. The second-order valence-corrected chi connectivity index (χ2v) is 14.1. The number of anilines is 2. The zero-order valence-electron chi connectivity index (χ0n) is 22.0. The Hall–Kier alpha value is -2.27. The molecule has 0 saturated carbocycles. The lowest BCUT2D eigenvalue weighted by atomic mass is 9.86. The van der Waals surface area contributed by atoms with Gasteiger partial charge in [0.05, 0.1) is 11.5 Å². The van der Waals surface area contributed by atoms with E-state index in [1.807, 2.05) is 34.6 Å². The van der Waals surface area contributed by atoms with Crippen molar-refractivity contribution in [3.63, 3.8) is 0 Å². The molecule has 0 radical (unpaired) electrons.